The molecule has 0 spiro atoms. The van der Waals surface area contributed by atoms with Gasteiger partial charge >= 0.3 is 6.18 Å². The Balaban J connectivity index is 2.77. The first-order chi connectivity index (χ1) is 6.05. The number of hydrogen-bond acceptors (Lipinski definition) is 1. The van der Waals surface area contributed by atoms with Gasteiger partial charge in [-0.3, -0.25) is 0 Å². The molecule has 0 aromatic rings. The molecule has 4 heteroatoms. The summed E-state index contributed by atoms with van der Waals surface area (Å²) in [5.74, 6) is 0. The smallest absolute Gasteiger partial charge is 0.367 e. The van der Waals surface area contributed by atoms with Gasteiger partial charge in [0.15, 0.2) is 6.10 Å². The molecule has 0 saturated carbocycles. The molecule has 0 amide bonds. The number of hydrogen-bond donors (Lipinski definition) is 0. The van der Waals surface area contributed by atoms with E-state index in [1.54, 1.807) is 12.2 Å². The fourth-order valence-corrected chi connectivity index (χ4v) is 1.29. The van der Waals surface area contributed by atoms with Gasteiger partial charge in [0.25, 0.3) is 0 Å². The highest BCUT2D eigenvalue weighted by Crippen LogP contribution is 2.30. The van der Waals surface area contributed by atoms with Crippen LogP contribution in [0.2, 0.25) is 0 Å². The normalized spacial score (nSPS) is 19.8. The molecule has 0 radical (unpaired) electrons. The Hall–Kier alpha value is -0.770. The number of rotatable bonds is 2. The van der Waals surface area contributed by atoms with Crippen LogP contribution in [0.15, 0.2) is 23.8 Å². The SMILES string of the molecule is COC(C1=CCCC=C1)C(F)(F)F. The molecule has 0 fully saturated rings. The first-order valence-corrected chi connectivity index (χ1v) is 4.02. The van der Waals surface area contributed by atoms with E-state index in [2.05, 4.69) is 4.74 Å². The van der Waals surface area contributed by atoms with Crippen molar-refractivity contribution in [2.75, 3.05) is 7.11 Å². The van der Waals surface area contributed by atoms with Crippen LogP contribution in [0.3, 0.4) is 0 Å². The van der Waals surface area contributed by atoms with Gasteiger partial charge in [0.2, 0.25) is 0 Å². The molecule has 13 heavy (non-hydrogen) atoms. The van der Waals surface area contributed by atoms with Crippen LogP contribution < -0.4 is 0 Å². The van der Waals surface area contributed by atoms with Crippen molar-refractivity contribution in [1.29, 1.82) is 0 Å². The second-order valence-corrected chi connectivity index (χ2v) is 2.84. The fourth-order valence-electron chi connectivity index (χ4n) is 1.29. The first kappa shape index (κ1) is 10.3. The van der Waals surface area contributed by atoms with Crippen molar-refractivity contribution in [3.8, 4) is 0 Å². The summed E-state index contributed by atoms with van der Waals surface area (Å²) in [6, 6.07) is 0. The van der Waals surface area contributed by atoms with Crippen LogP contribution in [0.5, 0.6) is 0 Å². The summed E-state index contributed by atoms with van der Waals surface area (Å²) >= 11 is 0. The van der Waals surface area contributed by atoms with Gasteiger partial charge in [0, 0.05) is 7.11 Å². The highest BCUT2D eigenvalue weighted by atomic mass is 19.4. The van der Waals surface area contributed by atoms with Crippen LogP contribution in [0.25, 0.3) is 0 Å². The fraction of sp³-hybridized carbons (Fsp3) is 0.556. The maximum Gasteiger partial charge on any atom is 0.418 e. The lowest BCUT2D eigenvalue weighted by molar-refractivity contribution is -0.199. The first-order valence-electron chi connectivity index (χ1n) is 4.02. The number of allylic oxidation sites excluding steroid dienone is 2. The van der Waals surface area contributed by atoms with Crippen LogP contribution in [-0.4, -0.2) is 19.4 Å². The standard InChI is InChI=1S/C9H11F3O/c1-13-8(9(10,11)12)7-5-3-2-4-6-7/h3,5-6,8H,2,4H2,1H3. The van der Waals surface area contributed by atoms with Crippen LogP contribution in [0, 0.1) is 0 Å². The lowest BCUT2D eigenvalue weighted by atomic mass is 10.0. The zero-order chi connectivity index (χ0) is 9.90. The Morgan fingerprint density at radius 3 is 2.46 bits per heavy atom. The maximum atomic E-state index is 12.3. The van der Waals surface area contributed by atoms with E-state index in [0.717, 1.165) is 13.5 Å². The zero-order valence-corrected chi connectivity index (χ0v) is 7.27. The third-order valence-electron chi connectivity index (χ3n) is 1.86. The summed E-state index contributed by atoms with van der Waals surface area (Å²) in [5.41, 5.74) is 0.209. The minimum absolute atomic E-state index is 0.209. The third-order valence-corrected chi connectivity index (χ3v) is 1.86. The molecule has 1 unspecified atom stereocenters. The summed E-state index contributed by atoms with van der Waals surface area (Å²) in [4.78, 5) is 0. The van der Waals surface area contributed by atoms with E-state index >= 15 is 0 Å². The number of methoxy groups -OCH3 is 1. The molecule has 74 valence electrons. The Labute approximate surface area is 74.9 Å². The molecule has 0 heterocycles. The molecule has 0 bridgehead atoms. The highest BCUT2D eigenvalue weighted by Gasteiger charge is 2.41. The van der Waals surface area contributed by atoms with E-state index < -0.39 is 12.3 Å². The van der Waals surface area contributed by atoms with Crippen LogP contribution in [0.1, 0.15) is 12.8 Å². The van der Waals surface area contributed by atoms with Gasteiger partial charge in [-0.2, -0.15) is 13.2 Å². The number of ether oxygens (including phenoxy) is 1. The van der Waals surface area contributed by atoms with E-state index in [1.165, 1.54) is 6.08 Å². The highest BCUT2D eigenvalue weighted by molar-refractivity contribution is 5.27. The van der Waals surface area contributed by atoms with E-state index in [-0.39, 0.29) is 5.57 Å². The van der Waals surface area contributed by atoms with E-state index in [4.69, 9.17) is 0 Å². The van der Waals surface area contributed by atoms with Gasteiger partial charge < -0.3 is 4.74 Å². The third kappa shape index (κ3) is 2.59. The van der Waals surface area contributed by atoms with Crippen LogP contribution in [0.4, 0.5) is 13.2 Å². The molecule has 1 nitrogen and oxygen atoms in total. The summed E-state index contributed by atoms with van der Waals surface area (Å²) in [6.07, 6.45) is 0.144. The van der Waals surface area contributed by atoms with Crippen LogP contribution in [-0.2, 0) is 4.74 Å². The van der Waals surface area contributed by atoms with Crippen molar-refractivity contribution in [3.05, 3.63) is 23.8 Å². The van der Waals surface area contributed by atoms with Gasteiger partial charge in [-0.25, -0.2) is 0 Å². The van der Waals surface area contributed by atoms with Crippen molar-refractivity contribution >= 4 is 0 Å². The van der Waals surface area contributed by atoms with Crippen molar-refractivity contribution < 1.29 is 17.9 Å². The average Bonchev–Trinajstić information content (AvgIpc) is 2.05. The van der Waals surface area contributed by atoms with Crippen LogP contribution >= 0.6 is 0 Å². The monoisotopic (exact) mass is 192 g/mol. The van der Waals surface area contributed by atoms with Crippen molar-refractivity contribution in [1.82, 2.24) is 0 Å². The van der Waals surface area contributed by atoms with Gasteiger partial charge in [-0.1, -0.05) is 18.2 Å². The average molecular weight is 192 g/mol. The van der Waals surface area contributed by atoms with Gasteiger partial charge in [-0.15, -0.1) is 0 Å². The zero-order valence-electron chi connectivity index (χ0n) is 7.27. The molecule has 0 aliphatic heterocycles. The van der Waals surface area contributed by atoms with Gasteiger partial charge in [0.05, 0.1) is 0 Å². The minimum atomic E-state index is -4.32. The molecule has 0 aromatic carbocycles. The number of halogens is 3. The lowest BCUT2D eigenvalue weighted by Crippen LogP contribution is -2.32. The maximum absolute atomic E-state index is 12.3. The van der Waals surface area contributed by atoms with Crippen molar-refractivity contribution in [3.63, 3.8) is 0 Å². The molecular weight excluding hydrogens is 181 g/mol. The summed E-state index contributed by atoms with van der Waals surface area (Å²) < 4.78 is 41.3. The van der Waals surface area contributed by atoms with Gasteiger partial charge in [0.1, 0.15) is 0 Å². The lowest BCUT2D eigenvalue weighted by Gasteiger charge is -2.21. The molecule has 0 saturated heterocycles. The Morgan fingerprint density at radius 2 is 2.08 bits per heavy atom. The summed E-state index contributed by atoms with van der Waals surface area (Å²) in [5, 5.41) is 0. The topological polar surface area (TPSA) is 9.23 Å². The Bertz CT molecular complexity index is 228. The Kier molecular flexibility index (Phi) is 3.14. The largest absolute Gasteiger partial charge is 0.418 e. The second-order valence-electron chi connectivity index (χ2n) is 2.84. The quantitative estimate of drug-likeness (QED) is 0.653. The molecule has 0 aromatic heterocycles. The molecule has 1 rings (SSSR count). The molecule has 1 aliphatic carbocycles. The second kappa shape index (κ2) is 3.96. The van der Waals surface area contributed by atoms with Crippen molar-refractivity contribution in [2.45, 2.75) is 25.1 Å². The van der Waals surface area contributed by atoms with E-state index in [1.807, 2.05) is 0 Å². The van der Waals surface area contributed by atoms with E-state index in [9.17, 15) is 13.2 Å². The van der Waals surface area contributed by atoms with Crippen molar-refractivity contribution in [2.24, 2.45) is 0 Å². The minimum Gasteiger partial charge on any atom is -0.367 e. The molecule has 1 atom stereocenters. The predicted molar refractivity (Wildman–Crippen MR) is 43.3 cm³/mol. The summed E-state index contributed by atoms with van der Waals surface area (Å²) in [6.45, 7) is 0. The van der Waals surface area contributed by atoms with Gasteiger partial charge in [-0.05, 0) is 18.4 Å². The van der Waals surface area contributed by atoms with E-state index in [0.29, 0.717) is 6.42 Å². The molecule has 1 aliphatic rings. The Morgan fingerprint density at radius 1 is 1.38 bits per heavy atom. The summed E-state index contributed by atoms with van der Waals surface area (Å²) in [7, 11) is 1.07. The number of alkyl halides is 3. The predicted octanol–water partition coefficient (Wildman–Crippen LogP) is 2.84. The molecular formula is C9H11F3O. The molecule has 0 N–H and O–H groups in total.